The molecule has 184 valence electrons. The monoisotopic (exact) mass is 495 g/mol. The van der Waals surface area contributed by atoms with Gasteiger partial charge in [0.15, 0.2) is 22.5 Å². The summed E-state index contributed by atoms with van der Waals surface area (Å²) in [6.45, 7) is 9.64. The average molecular weight is 496 g/mol. The van der Waals surface area contributed by atoms with E-state index in [1.54, 1.807) is 24.3 Å². The second kappa shape index (κ2) is 12.0. The molecule has 0 saturated carbocycles. The molecule has 1 saturated heterocycles. The number of para-hydroxylation sites is 1. The zero-order chi connectivity index (χ0) is 24.6. The number of benzene rings is 2. The highest BCUT2D eigenvalue weighted by molar-refractivity contribution is 7.99. The zero-order valence-corrected chi connectivity index (χ0v) is 20.7. The Morgan fingerprint density at radius 2 is 1.83 bits per heavy atom. The molecule has 1 aromatic heterocycles. The van der Waals surface area contributed by atoms with Gasteiger partial charge in [0.25, 0.3) is 0 Å². The molecule has 1 amide bonds. The third-order valence-electron chi connectivity index (χ3n) is 6.12. The van der Waals surface area contributed by atoms with Crippen LogP contribution in [0.1, 0.15) is 24.4 Å². The van der Waals surface area contributed by atoms with Crippen molar-refractivity contribution >= 4 is 17.7 Å². The maximum atomic E-state index is 13.9. The lowest BCUT2D eigenvalue weighted by molar-refractivity contribution is -0.130. The fourth-order valence-electron chi connectivity index (χ4n) is 4.07. The fourth-order valence-corrected chi connectivity index (χ4v) is 4.94. The third-order valence-corrected chi connectivity index (χ3v) is 7.07. The highest BCUT2D eigenvalue weighted by atomic mass is 32.2. The molecule has 0 aliphatic carbocycles. The topological polar surface area (TPSA) is 63.5 Å². The van der Waals surface area contributed by atoms with E-state index in [-0.39, 0.29) is 24.0 Å². The van der Waals surface area contributed by atoms with Gasteiger partial charge < -0.3 is 9.64 Å². The maximum Gasteiger partial charge on any atom is 0.233 e. The van der Waals surface area contributed by atoms with E-state index in [0.717, 1.165) is 13.1 Å². The Labute approximate surface area is 209 Å². The first-order chi connectivity index (χ1) is 17.1. The first kappa shape index (κ1) is 24.9. The quantitative estimate of drug-likeness (QED) is 0.311. The normalized spacial score (nSPS) is 15.1. The number of ether oxygens (including phenoxy) is 1. The summed E-state index contributed by atoms with van der Waals surface area (Å²) in [5.74, 6) is 0.634. The van der Waals surface area contributed by atoms with Gasteiger partial charge in [0.1, 0.15) is 6.61 Å². The largest absolute Gasteiger partial charge is 0.483 e. The molecule has 9 heteroatoms. The van der Waals surface area contributed by atoms with Gasteiger partial charge in [-0.25, -0.2) is 4.39 Å². The van der Waals surface area contributed by atoms with Gasteiger partial charge in [-0.05, 0) is 24.6 Å². The number of hydrogen-bond donors (Lipinski definition) is 0. The van der Waals surface area contributed by atoms with Crippen molar-refractivity contribution in [3.63, 3.8) is 0 Å². The van der Waals surface area contributed by atoms with Gasteiger partial charge in [0.2, 0.25) is 5.91 Å². The number of carbonyl (C=O) groups is 1. The second-order valence-corrected chi connectivity index (χ2v) is 9.25. The lowest BCUT2D eigenvalue weighted by Crippen LogP contribution is -2.49. The van der Waals surface area contributed by atoms with Gasteiger partial charge in [-0.1, -0.05) is 60.3 Å². The van der Waals surface area contributed by atoms with E-state index in [1.807, 2.05) is 15.5 Å². The number of rotatable bonds is 10. The number of hydrogen-bond acceptors (Lipinski definition) is 6. The molecule has 1 aliphatic rings. The zero-order valence-electron chi connectivity index (χ0n) is 19.8. The van der Waals surface area contributed by atoms with Crippen LogP contribution in [0.4, 0.5) is 4.39 Å². The SMILES string of the molecule is C=CCn1c(COc2ccccc2F)nnc1SCC(=O)N1CCN(C(C)c2ccccc2)CC1. The first-order valence-corrected chi connectivity index (χ1v) is 12.6. The number of piperazine rings is 1. The Morgan fingerprint density at radius 3 is 2.54 bits per heavy atom. The summed E-state index contributed by atoms with van der Waals surface area (Å²) >= 11 is 1.35. The first-order valence-electron chi connectivity index (χ1n) is 11.7. The summed E-state index contributed by atoms with van der Waals surface area (Å²) in [6, 6.07) is 17.0. The van der Waals surface area contributed by atoms with Gasteiger partial charge >= 0.3 is 0 Å². The van der Waals surface area contributed by atoms with E-state index >= 15 is 0 Å². The van der Waals surface area contributed by atoms with E-state index < -0.39 is 5.82 Å². The predicted octanol–water partition coefficient (Wildman–Crippen LogP) is 4.18. The minimum absolute atomic E-state index is 0.0673. The van der Waals surface area contributed by atoms with Crippen LogP contribution in [0.25, 0.3) is 0 Å². The molecule has 3 aromatic rings. The number of carbonyl (C=O) groups excluding carboxylic acids is 1. The van der Waals surface area contributed by atoms with Crippen molar-refractivity contribution in [2.75, 3.05) is 31.9 Å². The summed E-state index contributed by atoms with van der Waals surface area (Å²) in [5.41, 5.74) is 1.29. The Balaban J connectivity index is 1.30. The van der Waals surface area contributed by atoms with E-state index in [9.17, 15) is 9.18 Å². The van der Waals surface area contributed by atoms with Crippen LogP contribution < -0.4 is 4.74 Å². The molecular formula is C26H30FN5O2S. The smallest absolute Gasteiger partial charge is 0.233 e. The van der Waals surface area contributed by atoms with Gasteiger partial charge in [0, 0.05) is 38.8 Å². The lowest BCUT2D eigenvalue weighted by atomic mass is 10.1. The molecule has 1 atom stereocenters. The molecule has 1 unspecified atom stereocenters. The van der Waals surface area contributed by atoms with Crippen LogP contribution in [0, 0.1) is 5.82 Å². The number of halogens is 1. The molecular weight excluding hydrogens is 465 g/mol. The minimum Gasteiger partial charge on any atom is -0.483 e. The van der Waals surface area contributed by atoms with Gasteiger partial charge in [-0.3, -0.25) is 14.3 Å². The van der Waals surface area contributed by atoms with Crippen molar-refractivity contribution in [3.05, 3.63) is 84.5 Å². The fraction of sp³-hybridized carbons (Fsp3) is 0.346. The highest BCUT2D eigenvalue weighted by Crippen LogP contribution is 2.23. The van der Waals surface area contributed by atoms with Crippen molar-refractivity contribution < 1.29 is 13.9 Å². The minimum atomic E-state index is -0.430. The molecule has 2 heterocycles. The number of nitrogens with zero attached hydrogens (tertiary/aromatic N) is 5. The van der Waals surface area contributed by atoms with E-state index in [2.05, 4.69) is 52.9 Å². The van der Waals surface area contributed by atoms with Crippen LogP contribution in [0.2, 0.25) is 0 Å². The van der Waals surface area contributed by atoms with Crippen LogP contribution in [-0.4, -0.2) is 62.4 Å². The molecule has 0 bridgehead atoms. The summed E-state index contributed by atoms with van der Waals surface area (Å²) in [6.07, 6.45) is 1.73. The summed E-state index contributed by atoms with van der Waals surface area (Å²) in [4.78, 5) is 17.2. The molecule has 0 N–H and O–H groups in total. The lowest BCUT2D eigenvalue weighted by Gasteiger charge is -2.38. The van der Waals surface area contributed by atoms with Crippen LogP contribution in [0.15, 0.2) is 72.4 Å². The number of thioether (sulfide) groups is 1. The Bertz CT molecular complexity index is 1130. The van der Waals surface area contributed by atoms with Gasteiger partial charge in [-0.15, -0.1) is 16.8 Å². The molecule has 2 aromatic carbocycles. The van der Waals surface area contributed by atoms with E-state index in [0.29, 0.717) is 36.7 Å². The summed E-state index contributed by atoms with van der Waals surface area (Å²) < 4.78 is 21.3. The third kappa shape index (κ3) is 6.29. The van der Waals surface area contributed by atoms with Gasteiger partial charge in [-0.2, -0.15) is 0 Å². The summed E-state index contributed by atoms with van der Waals surface area (Å²) in [7, 11) is 0. The van der Waals surface area contributed by atoms with Crippen LogP contribution in [0.3, 0.4) is 0 Å². The Morgan fingerprint density at radius 1 is 1.11 bits per heavy atom. The standard InChI is InChI=1S/C26H30FN5O2S/c1-3-13-32-24(18-34-23-12-8-7-11-22(23)27)28-29-26(32)35-19-25(33)31-16-14-30(15-17-31)20(2)21-9-5-4-6-10-21/h3-12,20H,1,13-19H2,2H3. The number of amides is 1. The van der Waals surface area contributed by atoms with E-state index in [4.69, 9.17) is 4.74 Å². The van der Waals surface area contributed by atoms with Crippen LogP contribution in [-0.2, 0) is 17.9 Å². The summed E-state index contributed by atoms with van der Waals surface area (Å²) in [5, 5.41) is 9.04. The molecule has 0 spiro atoms. The van der Waals surface area contributed by atoms with Crippen molar-refractivity contribution in [1.29, 1.82) is 0 Å². The predicted molar refractivity (Wildman–Crippen MR) is 135 cm³/mol. The average Bonchev–Trinajstić information content (AvgIpc) is 3.28. The Hall–Kier alpha value is -3.17. The van der Waals surface area contributed by atoms with Crippen LogP contribution >= 0.6 is 11.8 Å². The van der Waals surface area contributed by atoms with Crippen LogP contribution in [0.5, 0.6) is 5.75 Å². The molecule has 0 radical (unpaired) electrons. The molecule has 1 aliphatic heterocycles. The van der Waals surface area contributed by atoms with Gasteiger partial charge in [0.05, 0.1) is 5.75 Å². The van der Waals surface area contributed by atoms with E-state index in [1.165, 1.54) is 23.4 Å². The molecule has 4 rings (SSSR count). The molecule has 35 heavy (non-hydrogen) atoms. The second-order valence-electron chi connectivity index (χ2n) is 8.31. The maximum absolute atomic E-state index is 13.9. The molecule has 7 nitrogen and oxygen atoms in total. The van der Waals surface area contributed by atoms with Crippen molar-refractivity contribution in [3.8, 4) is 5.75 Å². The molecule has 1 fully saturated rings. The number of aromatic nitrogens is 3. The van der Waals surface area contributed by atoms with Crippen molar-refractivity contribution in [2.45, 2.75) is 31.3 Å². The van der Waals surface area contributed by atoms with Crippen molar-refractivity contribution in [2.24, 2.45) is 0 Å². The number of allylic oxidation sites excluding steroid dienone is 1. The van der Waals surface area contributed by atoms with Crippen molar-refractivity contribution in [1.82, 2.24) is 24.6 Å². The Kier molecular flexibility index (Phi) is 8.54. The highest BCUT2D eigenvalue weighted by Gasteiger charge is 2.25.